The van der Waals surface area contributed by atoms with Crippen molar-refractivity contribution >= 4 is 23.1 Å². The van der Waals surface area contributed by atoms with Gasteiger partial charge in [0, 0.05) is 25.0 Å². The van der Waals surface area contributed by atoms with Gasteiger partial charge in [0.15, 0.2) is 11.6 Å². The summed E-state index contributed by atoms with van der Waals surface area (Å²) in [7, 11) is 1.42. The zero-order valence-corrected chi connectivity index (χ0v) is 16.5. The van der Waals surface area contributed by atoms with Gasteiger partial charge in [-0.2, -0.15) is 5.10 Å². The van der Waals surface area contributed by atoms with Crippen LogP contribution in [-0.4, -0.2) is 32.7 Å². The number of ether oxygens (including phenoxy) is 1. The number of fused-ring (bicyclic) bond motifs is 1. The molecule has 2 heterocycles. The van der Waals surface area contributed by atoms with Crippen LogP contribution in [0.25, 0.3) is 5.82 Å². The largest absolute Gasteiger partial charge is 0.493 e. The third-order valence-electron chi connectivity index (χ3n) is 4.95. The van der Waals surface area contributed by atoms with E-state index in [1.807, 2.05) is 18.2 Å². The van der Waals surface area contributed by atoms with Crippen molar-refractivity contribution in [2.75, 3.05) is 12.4 Å². The van der Waals surface area contributed by atoms with E-state index in [0.717, 1.165) is 24.0 Å². The molecule has 0 radical (unpaired) electrons. The number of hydrogen-bond donors (Lipinski definition) is 2. The maximum atomic E-state index is 11.6. The standard InChI is InChI=1S/C20H20N6O4/c1-12(27)22-16-7-4-13-10-14(5-6-15(13)16)23-19-17(26(28)29)11-18(30-2)20(24-19)25-9-3-8-21-25/h3,5-6,8-11,16H,4,7H2,1-2H3,(H,22,27)(H,23,24). The smallest absolute Gasteiger partial charge is 0.315 e. The van der Waals surface area contributed by atoms with Crippen LogP contribution in [0.3, 0.4) is 0 Å². The van der Waals surface area contributed by atoms with E-state index in [9.17, 15) is 14.9 Å². The normalized spacial score (nSPS) is 14.8. The summed E-state index contributed by atoms with van der Waals surface area (Å²) in [4.78, 5) is 26.9. The molecule has 30 heavy (non-hydrogen) atoms. The van der Waals surface area contributed by atoms with Gasteiger partial charge in [-0.3, -0.25) is 14.9 Å². The topological polar surface area (TPSA) is 124 Å². The number of carbonyl (C=O) groups is 1. The second-order valence-electron chi connectivity index (χ2n) is 6.92. The predicted octanol–water partition coefficient (Wildman–Crippen LogP) is 3.05. The van der Waals surface area contributed by atoms with E-state index in [2.05, 4.69) is 20.7 Å². The molecule has 2 N–H and O–H groups in total. The van der Waals surface area contributed by atoms with Gasteiger partial charge in [-0.05, 0) is 42.2 Å². The third kappa shape index (κ3) is 3.66. The molecule has 1 aliphatic rings. The van der Waals surface area contributed by atoms with E-state index in [-0.39, 0.29) is 29.2 Å². The fourth-order valence-electron chi connectivity index (χ4n) is 3.64. The van der Waals surface area contributed by atoms with E-state index in [0.29, 0.717) is 11.5 Å². The fraction of sp³-hybridized carbons (Fsp3) is 0.250. The van der Waals surface area contributed by atoms with Gasteiger partial charge in [-0.25, -0.2) is 9.67 Å². The first-order valence-electron chi connectivity index (χ1n) is 9.36. The number of aromatic nitrogens is 3. The molecular weight excluding hydrogens is 388 g/mol. The zero-order valence-electron chi connectivity index (χ0n) is 16.5. The highest BCUT2D eigenvalue weighted by molar-refractivity contribution is 5.74. The molecule has 10 nitrogen and oxygen atoms in total. The molecule has 0 fully saturated rings. The highest BCUT2D eigenvalue weighted by Crippen LogP contribution is 2.36. The lowest BCUT2D eigenvalue weighted by molar-refractivity contribution is -0.384. The SMILES string of the molecule is COc1cc([N+](=O)[O-])c(Nc2ccc3c(c2)CCC3NC(C)=O)nc1-n1cccn1. The second kappa shape index (κ2) is 7.82. The van der Waals surface area contributed by atoms with Crippen molar-refractivity contribution in [2.45, 2.75) is 25.8 Å². The van der Waals surface area contributed by atoms with Gasteiger partial charge in [0.1, 0.15) is 0 Å². The summed E-state index contributed by atoms with van der Waals surface area (Å²) in [6.07, 6.45) is 4.90. The maximum Gasteiger partial charge on any atom is 0.315 e. The molecular formula is C20H20N6O4. The Hall–Kier alpha value is -3.95. The van der Waals surface area contributed by atoms with Crippen molar-refractivity contribution in [3.8, 4) is 11.6 Å². The Morgan fingerprint density at radius 3 is 2.87 bits per heavy atom. The second-order valence-corrected chi connectivity index (χ2v) is 6.92. The lowest BCUT2D eigenvalue weighted by Crippen LogP contribution is -2.24. The first-order valence-corrected chi connectivity index (χ1v) is 9.36. The molecule has 10 heteroatoms. The Kier molecular flexibility index (Phi) is 5.05. The van der Waals surface area contributed by atoms with Crippen LogP contribution >= 0.6 is 0 Å². The summed E-state index contributed by atoms with van der Waals surface area (Å²) in [6, 6.07) is 8.72. The Labute approximate surface area is 172 Å². The molecule has 4 rings (SSSR count). The number of rotatable bonds is 6. The molecule has 1 aromatic carbocycles. The number of methoxy groups -OCH3 is 1. The summed E-state index contributed by atoms with van der Waals surface area (Å²) >= 11 is 0. The lowest BCUT2D eigenvalue weighted by atomic mass is 10.1. The van der Waals surface area contributed by atoms with Crippen LogP contribution in [0, 0.1) is 10.1 Å². The van der Waals surface area contributed by atoms with Crippen LogP contribution < -0.4 is 15.4 Å². The van der Waals surface area contributed by atoms with Gasteiger partial charge >= 0.3 is 5.69 Å². The Morgan fingerprint density at radius 1 is 1.37 bits per heavy atom. The average Bonchev–Trinajstić information content (AvgIpc) is 3.37. The first kappa shape index (κ1) is 19.4. The number of anilines is 2. The quantitative estimate of drug-likeness (QED) is 0.474. The molecule has 2 aromatic heterocycles. The minimum atomic E-state index is -0.509. The molecule has 0 bridgehead atoms. The number of nitro groups is 1. The van der Waals surface area contributed by atoms with Gasteiger partial charge in [0.25, 0.3) is 0 Å². The number of benzene rings is 1. The van der Waals surface area contributed by atoms with Crippen molar-refractivity contribution in [3.63, 3.8) is 0 Å². The van der Waals surface area contributed by atoms with Crippen LogP contribution in [0.15, 0.2) is 42.7 Å². The van der Waals surface area contributed by atoms with E-state index < -0.39 is 4.92 Å². The van der Waals surface area contributed by atoms with E-state index >= 15 is 0 Å². The molecule has 1 unspecified atom stereocenters. The van der Waals surface area contributed by atoms with Crippen molar-refractivity contribution in [1.29, 1.82) is 0 Å². The van der Waals surface area contributed by atoms with E-state index in [1.165, 1.54) is 24.8 Å². The van der Waals surface area contributed by atoms with Crippen LogP contribution in [0.5, 0.6) is 5.75 Å². The summed E-state index contributed by atoms with van der Waals surface area (Å²) in [5.74, 6) is 0.590. The summed E-state index contributed by atoms with van der Waals surface area (Å²) in [5, 5.41) is 21.8. The van der Waals surface area contributed by atoms with Gasteiger partial charge < -0.3 is 15.4 Å². The molecule has 1 aliphatic carbocycles. The van der Waals surface area contributed by atoms with Gasteiger partial charge in [-0.15, -0.1) is 0 Å². The number of amides is 1. The Balaban J connectivity index is 1.70. The van der Waals surface area contributed by atoms with Crippen molar-refractivity contribution < 1.29 is 14.5 Å². The minimum Gasteiger partial charge on any atom is -0.493 e. The molecule has 0 saturated heterocycles. The Bertz CT molecular complexity index is 1110. The summed E-state index contributed by atoms with van der Waals surface area (Å²) in [5.41, 5.74) is 2.61. The van der Waals surface area contributed by atoms with Crippen molar-refractivity contribution in [2.24, 2.45) is 0 Å². The average molecular weight is 408 g/mol. The number of nitrogens with one attached hydrogen (secondary N) is 2. The molecule has 0 aliphatic heterocycles. The fourth-order valence-corrected chi connectivity index (χ4v) is 3.64. The monoisotopic (exact) mass is 408 g/mol. The molecule has 1 amide bonds. The van der Waals surface area contributed by atoms with Gasteiger partial charge in [0.05, 0.1) is 24.1 Å². The van der Waals surface area contributed by atoms with Crippen LogP contribution in [0.2, 0.25) is 0 Å². The maximum absolute atomic E-state index is 11.6. The number of carbonyl (C=O) groups excluding carboxylic acids is 1. The predicted molar refractivity (Wildman–Crippen MR) is 109 cm³/mol. The summed E-state index contributed by atoms with van der Waals surface area (Å²) < 4.78 is 6.76. The van der Waals surface area contributed by atoms with Gasteiger partial charge in [-0.1, -0.05) is 6.07 Å². The minimum absolute atomic E-state index is 0.00795. The molecule has 3 aromatic rings. The van der Waals surface area contributed by atoms with Gasteiger partial charge in [0.2, 0.25) is 11.7 Å². The highest BCUT2D eigenvalue weighted by Gasteiger charge is 2.25. The first-order chi connectivity index (χ1) is 14.5. The van der Waals surface area contributed by atoms with E-state index in [4.69, 9.17) is 4.74 Å². The molecule has 154 valence electrons. The molecule has 0 spiro atoms. The third-order valence-corrected chi connectivity index (χ3v) is 4.95. The zero-order chi connectivity index (χ0) is 21.3. The van der Waals surface area contributed by atoms with Crippen LogP contribution in [-0.2, 0) is 11.2 Å². The highest BCUT2D eigenvalue weighted by atomic mass is 16.6. The van der Waals surface area contributed by atoms with Crippen LogP contribution in [0.4, 0.5) is 17.2 Å². The Morgan fingerprint density at radius 2 is 2.20 bits per heavy atom. The molecule has 1 atom stereocenters. The van der Waals surface area contributed by atoms with E-state index in [1.54, 1.807) is 18.5 Å². The van der Waals surface area contributed by atoms with Crippen molar-refractivity contribution in [1.82, 2.24) is 20.1 Å². The van der Waals surface area contributed by atoms with Crippen LogP contribution in [0.1, 0.15) is 30.5 Å². The molecule has 0 saturated carbocycles. The van der Waals surface area contributed by atoms with Crippen molar-refractivity contribution in [3.05, 3.63) is 64.0 Å². The number of pyridine rings is 1. The lowest BCUT2D eigenvalue weighted by Gasteiger charge is -2.14. The number of hydrogen-bond acceptors (Lipinski definition) is 7. The summed E-state index contributed by atoms with van der Waals surface area (Å²) in [6.45, 7) is 1.50. The number of nitrogens with zero attached hydrogens (tertiary/aromatic N) is 4. The number of aryl methyl sites for hydroxylation is 1.